The van der Waals surface area contributed by atoms with Crippen molar-refractivity contribution in [3.63, 3.8) is 0 Å². The SMILES string of the molecule is COc1ccc(F)cc1CSCC(O)CO. The van der Waals surface area contributed by atoms with Crippen LogP contribution in [0.4, 0.5) is 4.39 Å². The topological polar surface area (TPSA) is 49.7 Å². The Morgan fingerprint density at radius 1 is 1.50 bits per heavy atom. The van der Waals surface area contributed by atoms with Crippen molar-refractivity contribution in [1.82, 2.24) is 0 Å². The van der Waals surface area contributed by atoms with Gasteiger partial charge in [-0.2, -0.15) is 11.8 Å². The first-order valence-corrected chi connectivity index (χ1v) is 6.02. The molecule has 0 amide bonds. The molecule has 0 heterocycles. The summed E-state index contributed by atoms with van der Waals surface area (Å²) in [6.45, 7) is -0.257. The number of thioether (sulfide) groups is 1. The molecule has 0 saturated heterocycles. The third kappa shape index (κ3) is 4.00. The predicted molar refractivity (Wildman–Crippen MR) is 62.2 cm³/mol. The smallest absolute Gasteiger partial charge is 0.123 e. The molecule has 0 aliphatic rings. The summed E-state index contributed by atoms with van der Waals surface area (Å²) >= 11 is 1.42. The Bertz CT molecular complexity index is 333. The summed E-state index contributed by atoms with van der Waals surface area (Å²) in [7, 11) is 1.53. The van der Waals surface area contributed by atoms with E-state index in [1.165, 1.54) is 31.0 Å². The van der Waals surface area contributed by atoms with Crippen molar-refractivity contribution in [3.8, 4) is 5.75 Å². The van der Waals surface area contributed by atoms with Crippen LogP contribution in [0.3, 0.4) is 0 Å². The number of hydrogen-bond acceptors (Lipinski definition) is 4. The highest BCUT2D eigenvalue weighted by Gasteiger charge is 2.07. The molecule has 0 fully saturated rings. The maximum Gasteiger partial charge on any atom is 0.123 e. The Morgan fingerprint density at radius 2 is 2.25 bits per heavy atom. The van der Waals surface area contributed by atoms with Gasteiger partial charge >= 0.3 is 0 Å². The average molecular weight is 246 g/mol. The summed E-state index contributed by atoms with van der Waals surface area (Å²) in [5.74, 6) is 1.28. The van der Waals surface area contributed by atoms with Crippen LogP contribution in [0.5, 0.6) is 5.75 Å². The van der Waals surface area contributed by atoms with E-state index in [9.17, 15) is 4.39 Å². The molecule has 2 N–H and O–H groups in total. The van der Waals surface area contributed by atoms with E-state index in [1.807, 2.05) is 0 Å². The molecule has 5 heteroatoms. The van der Waals surface area contributed by atoms with Crippen LogP contribution in [-0.4, -0.2) is 35.8 Å². The molecule has 1 rings (SSSR count). The summed E-state index contributed by atoms with van der Waals surface area (Å²) in [5.41, 5.74) is 0.748. The molecular formula is C11H15FO3S. The molecule has 1 atom stereocenters. The van der Waals surface area contributed by atoms with E-state index in [-0.39, 0.29) is 12.4 Å². The number of hydrogen-bond donors (Lipinski definition) is 2. The van der Waals surface area contributed by atoms with Gasteiger partial charge in [0.1, 0.15) is 11.6 Å². The Kier molecular flexibility index (Phi) is 5.59. The van der Waals surface area contributed by atoms with Crippen molar-refractivity contribution in [2.24, 2.45) is 0 Å². The van der Waals surface area contributed by atoms with E-state index >= 15 is 0 Å². The molecule has 1 unspecified atom stereocenters. The highest BCUT2D eigenvalue weighted by atomic mass is 32.2. The van der Waals surface area contributed by atoms with Crippen LogP contribution in [-0.2, 0) is 5.75 Å². The quantitative estimate of drug-likeness (QED) is 0.797. The van der Waals surface area contributed by atoms with Crippen LogP contribution < -0.4 is 4.74 Å². The second-order valence-corrected chi connectivity index (χ2v) is 4.34. The lowest BCUT2D eigenvalue weighted by atomic mass is 10.2. The Labute approximate surface area is 98.2 Å². The van der Waals surface area contributed by atoms with Gasteiger partial charge in [0.25, 0.3) is 0 Å². The number of methoxy groups -OCH3 is 1. The van der Waals surface area contributed by atoms with Crippen LogP contribution in [0.2, 0.25) is 0 Å². The molecule has 90 valence electrons. The van der Waals surface area contributed by atoms with E-state index in [2.05, 4.69) is 0 Å². The molecule has 0 aromatic heterocycles. The summed E-state index contributed by atoms with van der Waals surface area (Å²) in [4.78, 5) is 0. The van der Waals surface area contributed by atoms with Gasteiger partial charge in [0.05, 0.1) is 19.8 Å². The van der Waals surface area contributed by atoms with Gasteiger partial charge in [-0.15, -0.1) is 0 Å². The molecule has 3 nitrogen and oxygen atoms in total. The molecule has 0 bridgehead atoms. The van der Waals surface area contributed by atoms with E-state index in [0.717, 1.165) is 5.56 Å². The van der Waals surface area contributed by atoms with Gasteiger partial charge in [-0.25, -0.2) is 4.39 Å². The number of benzene rings is 1. The van der Waals surface area contributed by atoms with Crippen molar-refractivity contribution >= 4 is 11.8 Å². The maximum absolute atomic E-state index is 13.0. The second-order valence-electron chi connectivity index (χ2n) is 3.31. The first-order valence-electron chi connectivity index (χ1n) is 4.86. The van der Waals surface area contributed by atoms with E-state index < -0.39 is 6.10 Å². The Morgan fingerprint density at radius 3 is 2.88 bits per heavy atom. The van der Waals surface area contributed by atoms with Gasteiger partial charge in [0, 0.05) is 17.1 Å². The minimum atomic E-state index is -0.732. The molecule has 0 aliphatic heterocycles. The normalized spacial score (nSPS) is 12.5. The molecule has 1 aromatic rings. The highest BCUT2D eigenvalue weighted by Crippen LogP contribution is 2.24. The fraction of sp³-hybridized carbons (Fsp3) is 0.455. The molecule has 16 heavy (non-hydrogen) atoms. The summed E-state index contributed by atoms with van der Waals surface area (Å²) in [6, 6.07) is 4.33. The fourth-order valence-electron chi connectivity index (χ4n) is 1.22. The van der Waals surface area contributed by atoms with Gasteiger partial charge in [0.15, 0.2) is 0 Å². The van der Waals surface area contributed by atoms with E-state index in [1.54, 1.807) is 6.07 Å². The average Bonchev–Trinajstić information content (AvgIpc) is 2.29. The van der Waals surface area contributed by atoms with Crippen molar-refractivity contribution < 1.29 is 19.3 Å². The van der Waals surface area contributed by atoms with E-state index in [0.29, 0.717) is 17.3 Å². The zero-order valence-electron chi connectivity index (χ0n) is 9.02. The lowest BCUT2D eigenvalue weighted by molar-refractivity contribution is 0.113. The van der Waals surface area contributed by atoms with Gasteiger partial charge in [0.2, 0.25) is 0 Å². The molecule has 1 aromatic carbocycles. The fourth-order valence-corrected chi connectivity index (χ4v) is 2.16. The van der Waals surface area contributed by atoms with Crippen LogP contribution in [0.15, 0.2) is 18.2 Å². The maximum atomic E-state index is 13.0. The summed E-state index contributed by atoms with van der Waals surface area (Å²) < 4.78 is 18.1. The largest absolute Gasteiger partial charge is 0.496 e. The lowest BCUT2D eigenvalue weighted by Crippen LogP contribution is -2.14. The highest BCUT2D eigenvalue weighted by molar-refractivity contribution is 7.98. The standard InChI is InChI=1S/C11H15FO3S/c1-15-11-3-2-9(12)4-8(11)6-16-7-10(14)5-13/h2-4,10,13-14H,5-7H2,1H3. The molecule has 0 saturated carbocycles. The zero-order valence-corrected chi connectivity index (χ0v) is 9.84. The number of ether oxygens (including phenoxy) is 1. The predicted octanol–water partition coefficient (Wildman–Crippen LogP) is 1.42. The molecule has 0 spiro atoms. The van der Waals surface area contributed by atoms with Crippen molar-refractivity contribution in [3.05, 3.63) is 29.6 Å². The summed E-state index contributed by atoms with van der Waals surface area (Å²) in [5, 5.41) is 17.8. The third-order valence-corrected chi connectivity index (χ3v) is 3.16. The summed E-state index contributed by atoms with van der Waals surface area (Å²) in [6.07, 6.45) is -0.732. The van der Waals surface area contributed by atoms with Crippen LogP contribution >= 0.6 is 11.8 Å². The van der Waals surface area contributed by atoms with Gasteiger partial charge in [-0.3, -0.25) is 0 Å². The molecular weight excluding hydrogens is 231 g/mol. The molecule has 0 aliphatic carbocycles. The van der Waals surface area contributed by atoms with Gasteiger partial charge in [-0.1, -0.05) is 0 Å². The van der Waals surface area contributed by atoms with E-state index in [4.69, 9.17) is 14.9 Å². The van der Waals surface area contributed by atoms with Gasteiger partial charge in [-0.05, 0) is 18.2 Å². The zero-order chi connectivity index (χ0) is 12.0. The van der Waals surface area contributed by atoms with Crippen LogP contribution in [0.25, 0.3) is 0 Å². The minimum absolute atomic E-state index is 0.257. The number of halogens is 1. The van der Waals surface area contributed by atoms with Crippen molar-refractivity contribution in [1.29, 1.82) is 0 Å². The number of aliphatic hydroxyl groups is 2. The molecule has 0 radical (unpaired) electrons. The Balaban J connectivity index is 2.55. The first kappa shape index (κ1) is 13.3. The number of rotatable bonds is 6. The van der Waals surface area contributed by atoms with Gasteiger partial charge < -0.3 is 14.9 Å². The van der Waals surface area contributed by atoms with Crippen molar-refractivity contribution in [2.75, 3.05) is 19.5 Å². The Hall–Kier alpha value is -0.780. The first-order chi connectivity index (χ1) is 7.67. The monoisotopic (exact) mass is 246 g/mol. The number of aliphatic hydroxyl groups excluding tert-OH is 2. The third-order valence-electron chi connectivity index (χ3n) is 2.02. The lowest BCUT2D eigenvalue weighted by Gasteiger charge is -2.10. The van der Waals surface area contributed by atoms with Crippen molar-refractivity contribution in [2.45, 2.75) is 11.9 Å². The van der Waals surface area contributed by atoms with Crippen LogP contribution in [0, 0.1) is 5.82 Å². The second kappa shape index (κ2) is 6.73. The van der Waals surface area contributed by atoms with Crippen LogP contribution in [0.1, 0.15) is 5.56 Å². The minimum Gasteiger partial charge on any atom is -0.496 e.